The quantitative estimate of drug-likeness (QED) is 0.585. The van der Waals surface area contributed by atoms with Crippen LogP contribution >= 0.6 is 0 Å². The molecule has 0 aromatic carbocycles. The summed E-state index contributed by atoms with van der Waals surface area (Å²) in [4.78, 5) is 32.4. The van der Waals surface area contributed by atoms with Gasteiger partial charge in [-0.05, 0) is 6.92 Å². The van der Waals surface area contributed by atoms with Crippen molar-refractivity contribution in [1.82, 2.24) is 4.90 Å². The molecular weight excluding hydrogens is 150 g/mol. The van der Waals surface area contributed by atoms with Gasteiger partial charge < -0.3 is 0 Å². The van der Waals surface area contributed by atoms with Crippen molar-refractivity contribution >= 4 is 17.8 Å². The average Bonchev–Trinajstić information content (AvgIpc) is 2.18. The number of amides is 4. The van der Waals surface area contributed by atoms with Crippen LogP contribution in [0.4, 0.5) is 9.59 Å². The number of rotatable bonds is 2. The average molecular weight is 155 g/mol. The van der Waals surface area contributed by atoms with Crippen LogP contribution in [0.1, 0.15) is 6.92 Å². The number of carbonyl (C=O) groups excluding carboxylic acids is 3. The van der Waals surface area contributed by atoms with Crippen LogP contribution in [0, 0.1) is 0 Å². The minimum atomic E-state index is -0.773. The number of nitrogens with zero attached hydrogens (tertiary/aromatic N) is 3. The lowest BCUT2D eigenvalue weighted by Gasteiger charge is -2.05. The van der Waals surface area contributed by atoms with E-state index >= 15 is 0 Å². The second-order valence-corrected chi connectivity index (χ2v) is 2.05. The van der Waals surface area contributed by atoms with E-state index < -0.39 is 12.1 Å². The number of urea groups is 2. The molecule has 4 amide bonds. The molecule has 0 saturated heterocycles. The monoisotopic (exact) mass is 155 g/mol. The molecule has 0 fully saturated rings. The Hall–Kier alpha value is -1.59. The topological polar surface area (TPSA) is 79.2 Å². The summed E-state index contributed by atoms with van der Waals surface area (Å²) in [5.41, 5.74) is 0. The van der Waals surface area contributed by atoms with Gasteiger partial charge in [-0.15, -0.1) is 0 Å². The summed E-state index contributed by atoms with van der Waals surface area (Å²) < 4.78 is 0. The van der Waals surface area contributed by atoms with Crippen molar-refractivity contribution in [3.63, 3.8) is 0 Å². The van der Waals surface area contributed by atoms with Gasteiger partial charge in [-0.3, -0.25) is 4.79 Å². The van der Waals surface area contributed by atoms with Crippen LogP contribution in [0.3, 0.4) is 0 Å². The van der Waals surface area contributed by atoms with Gasteiger partial charge in [-0.1, -0.05) is 10.2 Å². The maximum Gasteiger partial charge on any atom is 0.371 e. The second kappa shape index (κ2) is 2.57. The third kappa shape index (κ3) is 1.46. The molecule has 0 spiro atoms. The number of hydrogen-bond donors (Lipinski definition) is 0. The molecule has 1 aliphatic heterocycles. The van der Waals surface area contributed by atoms with E-state index in [0.29, 0.717) is 4.90 Å². The summed E-state index contributed by atoms with van der Waals surface area (Å²) in [6.07, 6.45) is 0. The van der Waals surface area contributed by atoms with Crippen molar-refractivity contribution in [2.45, 2.75) is 6.92 Å². The zero-order valence-electron chi connectivity index (χ0n) is 5.77. The molecule has 0 aliphatic carbocycles. The van der Waals surface area contributed by atoms with Gasteiger partial charge in [-0.2, -0.15) is 0 Å². The number of carbonyl (C=O) groups is 3. The normalized spacial score (nSPS) is 16.3. The Morgan fingerprint density at radius 1 is 1.36 bits per heavy atom. The number of imide groups is 1. The van der Waals surface area contributed by atoms with Gasteiger partial charge in [0.2, 0.25) is 0 Å². The van der Waals surface area contributed by atoms with E-state index in [-0.39, 0.29) is 12.3 Å². The first-order valence-electron chi connectivity index (χ1n) is 2.88. The molecule has 0 aromatic heterocycles. The predicted molar refractivity (Wildman–Crippen MR) is 33.0 cm³/mol. The van der Waals surface area contributed by atoms with E-state index in [1.807, 2.05) is 0 Å². The molecule has 0 N–H and O–H groups in total. The van der Waals surface area contributed by atoms with Crippen molar-refractivity contribution in [3.8, 4) is 0 Å². The first-order chi connectivity index (χ1) is 5.11. The molecule has 58 valence electrons. The lowest BCUT2D eigenvalue weighted by Crippen LogP contribution is -2.32. The molecule has 0 unspecified atom stereocenters. The zero-order chi connectivity index (χ0) is 8.43. The molecule has 1 heterocycles. The number of azo groups is 1. The molecule has 0 bridgehead atoms. The summed E-state index contributed by atoms with van der Waals surface area (Å²) >= 11 is 0. The number of hydrogen-bond acceptors (Lipinski definition) is 3. The molecular formula is C5H5N3O3. The first kappa shape index (κ1) is 7.52. The van der Waals surface area contributed by atoms with Crippen molar-refractivity contribution in [2.24, 2.45) is 10.2 Å². The minimum Gasteiger partial charge on any atom is -0.298 e. The van der Waals surface area contributed by atoms with E-state index in [0.717, 1.165) is 0 Å². The fraction of sp³-hybridized carbons (Fsp3) is 0.400. The Morgan fingerprint density at radius 3 is 2.18 bits per heavy atom. The molecule has 0 atom stereocenters. The molecule has 6 nitrogen and oxygen atoms in total. The van der Waals surface area contributed by atoms with Crippen LogP contribution in [-0.2, 0) is 4.79 Å². The second-order valence-electron chi connectivity index (χ2n) is 2.05. The highest BCUT2D eigenvalue weighted by molar-refractivity contribution is 6.01. The third-order valence-corrected chi connectivity index (χ3v) is 1.06. The van der Waals surface area contributed by atoms with Gasteiger partial charge in [0.1, 0.15) is 5.78 Å². The summed E-state index contributed by atoms with van der Waals surface area (Å²) in [5.74, 6) is -0.279. The Morgan fingerprint density at radius 2 is 1.82 bits per heavy atom. The maximum atomic E-state index is 10.6. The van der Waals surface area contributed by atoms with E-state index in [9.17, 15) is 14.4 Å². The molecule has 0 saturated carbocycles. The van der Waals surface area contributed by atoms with E-state index in [4.69, 9.17) is 0 Å². The van der Waals surface area contributed by atoms with Gasteiger partial charge in [0.15, 0.2) is 0 Å². The van der Waals surface area contributed by atoms with E-state index in [1.165, 1.54) is 6.92 Å². The molecule has 0 aromatic rings. The molecule has 1 rings (SSSR count). The SMILES string of the molecule is CC(=O)CN1C(=O)N=NC1=O. The van der Waals surface area contributed by atoms with Gasteiger partial charge in [0, 0.05) is 0 Å². The Balaban J connectivity index is 2.66. The maximum absolute atomic E-state index is 10.6. The Labute approximate surface area is 61.9 Å². The van der Waals surface area contributed by atoms with Crippen LogP contribution in [0.2, 0.25) is 0 Å². The largest absolute Gasteiger partial charge is 0.371 e. The van der Waals surface area contributed by atoms with Crippen molar-refractivity contribution < 1.29 is 14.4 Å². The Bertz CT molecular complexity index is 240. The van der Waals surface area contributed by atoms with Crippen molar-refractivity contribution in [2.75, 3.05) is 6.54 Å². The smallest absolute Gasteiger partial charge is 0.298 e. The summed E-state index contributed by atoms with van der Waals surface area (Å²) in [6, 6.07) is -1.55. The summed E-state index contributed by atoms with van der Waals surface area (Å²) in [7, 11) is 0. The fourth-order valence-electron chi connectivity index (χ4n) is 0.633. The highest BCUT2D eigenvalue weighted by atomic mass is 16.2. The van der Waals surface area contributed by atoms with Crippen molar-refractivity contribution in [3.05, 3.63) is 0 Å². The van der Waals surface area contributed by atoms with E-state index in [2.05, 4.69) is 10.2 Å². The fourth-order valence-corrected chi connectivity index (χ4v) is 0.633. The number of ketones is 1. The molecule has 0 radical (unpaired) electrons. The standard InChI is InChI=1S/C5H5N3O3/c1-3(9)2-8-4(10)6-7-5(8)11/h2H2,1H3. The zero-order valence-corrected chi connectivity index (χ0v) is 5.77. The lowest BCUT2D eigenvalue weighted by atomic mass is 10.4. The minimum absolute atomic E-state index is 0.245. The van der Waals surface area contributed by atoms with Gasteiger partial charge >= 0.3 is 12.1 Å². The van der Waals surface area contributed by atoms with Crippen molar-refractivity contribution in [1.29, 1.82) is 0 Å². The molecule has 6 heteroatoms. The number of Topliss-reactive ketones (excluding diaryl/α,β-unsaturated/α-hetero) is 1. The highest BCUT2D eigenvalue weighted by Crippen LogP contribution is 2.05. The van der Waals surface area contributed by atoms with Gasteiger partial charge in [-0.25, -0.2) is 14.5 Å². The van der Waals surface area contributed by atoms with Gasteiger partial charge in [0.05, 0.1) is 6.54 Å². The lowest BCUT2D eigenvalue weighted by molar-refractivity contribution is -0.117. The van der Waals surface area contributed by atoms with Crippen LogP contribution in [0.25, 0.3) is 0 Å². The van der Waals surface area contributed by atoms with Crippen LogP contribution in [0.5, 0.6) is 0 Å². The highest BCUT2D eigenvalue weighted by Gasteiger charge is 2.27. The molecule has 11 heavy (non-hydrogen) atoms. The Kier molecular flexibility index (Phi) is 1.75. The predicted octanol–water partition coefficient (Wildman–Crippen LogP) is 0.583. The molecule has 1 aliphatic rings. The first-order valence-corrected chi connectivity index (χ1v) is 2.88. The summed E-state index contributed by atoms with van der Waals surface area (Å²) in [6.45, 7) is 1.03. The van der Waals surface area contributed by atoms with E-state index in [1.54, 1.807) is 0 Å². The third-order valence-electron chi connectivity index (χ3n) is 1.06. The summed E-state index contributed by atoms with van der Waals surface area (Å²) in [5, 5.41) is 5.92. The van der Waals surface area contributed by atoms with Crippen LogP contribution < -0.4 is 0 Å². The van der Waals surface area contributed by atoms with Crippen LogP contribution in [-0.4, -0.2) is 29.3 Å². The van der Waals surface area contributed by atoms with Gasteiger partial charge in [0.25, 0.3) is 0 Å². The van der Waals surface area contributed by atoms with Crippen LogP contribution in [0.15, 0.2) is 10.2 Å².